The second kappa shape index (κ2) is 7.05. The Morgan fingerprint density at radius 3 is 2.87 bits per heavy atom. The van der Waals surface area contributed by atoms with E-state index in [9.17, 15) is 9.59 Å². The highest BCUT2D eigenvalue weighted by molar-refractivity contribution is 5.94. The molecule has 118 valence electrons. The normalized spacial score (nSPS) is 14.1. The van der Waals surface area contributed by atoms with Gasteiger partial charge in [-0.3, -0.25) is 14.6 Å². The Morgan fingerprint density at radius 2 is 2.13 bits per heavy atom. The quantitative estimate of drug-likeness (QED) is 0.920. The number of amides is 2. The molecule has 0 saturated carbocycles. The van der Waals surface area contributed by atoms with E-state index in [-0.39, 0.29) is 11.8 Å². The van der Waals surface area contributed by atoms with Gasteiger partial charge < -0.3 is 10.2 Å². The number of benzene rings is 1. The first kappa shape index (κ1) is 15.2. The van der Waals surface area contributed by atoms with Gasteiger partial charge in [0.1, 0.15) is 0 Å². The molecule has 2 heterocycles. The van der Waals surface area contributed by atoms with E-state index in [0.717, 1.165) is 24.2 Å². The second-order valence-electron chi connectivity index (χ2n) is 5.62. The van der Waals surface area contributed by atoms with E-state index in [0.29, 0.717) is 25.1 Å². The van der Waals surface area contributed by atoms with Gasteiger partial charge in [-0.2, -0.15) is 0 Å². The van der Waals surface area contributed by atoms with Crippen molar-refractivity contribution in [3.63, 3.8) is 0 Å². The summed E-state index contributed by atoms with van der Waals surface area (Å²) in [6.45, 7) is 1.77. The summed E-state index contributed by atoms with van der Waals surface area (Å²) in [5, 5.41) is 2.86. The highest BCUT2D eigenvalue weighted by atomic mass is 16.2. The van der Waals surface area contributed by atoms with Crippen molar-refractivity contribution in [3.8, 4) is 0 Å². The molecule has 1 aliphatic rings. The third kappa shape index (κ3) is 3.94. The fraction of sp³-hybridized carbons (Fsp3) is 0.278. The van der Waals surface area contributed by atoms with Gasteiger partial charge in [-0.1, -0.05) is 18.2 Å². The van der Waals surface area contributed by atoms with E-state index in [2.05, 4.69) is 10.3 Å². The molecule has 5 heteroatoms. The zero-order valence-electron chi connectivity index (χ0n) is 12.9. The van der Waals surface area contributed by atoms with Crippen LogP contribution < -0.4 is 5.32 Å². The molecule has 0 unspecified atom stereocenters. The first-order valence-corrected chi connectivity index (χ1v) is 7.77. The van der Waals surface area contributed by atoms with E-state index in [1.165, 1.54) is 0 Å². The number of carbonyl (C=O) groups is 2. The number of hydrogen-bond acceptors (Lipinski definition) is 3. The minimum atomic E-state index is -0.134. The molecule has 1 aliphatic heterocycles. The molecule has 3 rings (SSSR count). The third-order valence-corrected chi connectivity index (χ3v) is 3.89. The van der Waals surface area contributed by atoms with Gasteiger partial charge in [0.2, 0.25) is 5.91 Å². The lowest BCUT2D eigenvalue weighted by atomic mass is 10.1. The molecule has 1 aromatic heterocycles. The number of aromatic nitrogens is 1. The van der Waals surface area contributed by atoms with Gasteiger partial charge in [0.25, 0.3) is 5.91 Å². The van der Waals surface area contributed by atoms with E-state index in [1.54, 1.807) is 12.3 Å². The number of likely N-dealkylation sites (tertiary alicyclic amines) is 1. The molecule has 1 aromatic carbocycles. The van der Waals surface area contributed by atoms with Gasteiger partial charge in [0, 0.05) is 31.3 Å². The topological polar surface area (TPSA) is 62.3 Å². The highest BCUT2D eigenvalue weighted by Crippen LogP contribution is 2.15. The maximum absolute atomic E-state index is 12.3. The molecule has 1 saturated heterocycles. The first-order valence-electron chi connectivity index (χ1n) is 7.77. The number of rotatable bonds is 5. The lowest BCUT2D eigenvalue weighted by Gasteiger charge is -2.16. The Morgan fingerprint density at radius 1 is 1.22 bits per heavy atom. The van der Waals surface area contributed by atoms with Gasteiger partial charge in [-0.25, -0.2) is 0 Å². The van der Waals surface area contributed by atoms with E-state index in [4.69, 9.17) is 0 Å². The Labute approximate surface area is 135 Å². The van der Waals surface area contributed by atoms with Crippen LogP contribution in [0.4, 0.5) is 0 Å². The first-order chi connectivity index (χ1) is 11.2. The summed E-state index contributed by atoms with van der Waals surface area (Å²) in [4.78, 5) is 30.0. The maximum atomic E-state index is 12.3. The predicted octanol–water partition coefficient (Wildman–Crippen LogP) is 2.13. The van der Waals surface area contributed by atoms with Crippen molar-refractivity contribution in [2.24, 2.45) is 0 Å². The fourth-order valence-electron chi connectivity index (χ4n) is 2.68. The van der Waals surface area contributed by atoms with Gasteiger partial charge in [0.05, 0.1) is 12.2 Å². The standard InChI is InChI=1S/C18H19N3O2/c22-17-8-4-10-21(17)13-14-5-3-6-15(11-14)18(23)20-12-16-7-1-2-9-19-16/h1-3,5-7,9,11H,4,8,10,12-13H2,(H,20,23). The molecule has 0 atom stereocenters. The third-order valence-electron chi connectivity index (χ3n) is 3.89. The van der Waals surface area contributed by atoms with Crippen LogP contribution in [0.25, 0.3) is 0 Å². The Bertz CT molecular complexity index is 700. The smallest absolute Gasteiger partial charge is 0.251 e. The molecule has 5 nitrogen and oxygen atoms in total. The van der Waals surface area contributed by atoms with Crippen molar-refractivity contribution >= 4 is 11.8 Å². The number of nitrogens with zero attached hydrogens (tertiary/aromatic N) is 2. The molecular weight excluding hydrogens is 290 g/mol. The largest absolute Gasteiger partial charge is 0.346 e. The van der Waals surface area contributed by atoms with Crippen molar-refractivity contribution < 1.29 is 9.59 Å². The van der Waals surface area contributed by atoms with Crippen LogP contribution in [0.3, 0.4) is 0 Å². The van der Waals surface area contributed by atoms with Crippen LogP contribution in [0.15, 0.2) is 48.7 Å². The molecule has 0 aliphatic carbocycles. The summed E-state index contributed by atoms with van der Waals surface area (Å²) in [6.07, 6.45) is 3.25. The zero-order chi connectivity index (χ0) is 16.1. The van der Waals surface area contributed by atoms with Crippen LogP contribution in [0.2, 0.25) is 0 Å². The van der Waals surface area contributed by atoms with E-state index >= 15 is 0 Å². The van der Waals surface area contributed by atoms with Crippen molar-refractivity contribution in [3.05, 3.63) is 65.5 Å². The van der Waals surface area contributed by atoms with Crippen molar-refractivity contribution in [1.82, 2.24) is 15.2 Å². The SMILES string of the molecule is O=C(NCc1ccccn1)c1cccc(CN2CCCC2=O)c1. The Balaban J connectivity index is 1.62. The van der Waals surface area contributed by atoms with Crippen LogP contribution >= 0.6 is 0 Å². The van der Waals surface area contributed by atoms with Crippen molar-refractivity contribution in [1.29, 1.82) is 0 Å². The van der Waals surface area contributed by atoms with Gasteiger partial charge in [-0.15, -0.1) is 0 Å². The minimum absolute atomic E-state index is 0.134. The Hall–Kier alpha value is -2.69. The number of carbonyl (C=O) groups excluding carboxylic acids is 2. The van der Waals surface area contributed by atoms with Crippen LogP contribution in [-0.2, 0) is 17.9 Å². The van der Waals surface area contributed by atoms with Gasteiger partial charge in [-0.05, 0) is 36.2 Å². The number of nitrogens with one attached hydrogen (secondary N) is 1. The molecule has 2 aromatic rings. The van der Waals surface area contributed by atoms with Crippen LogP contribution in [0, 0.1) is 0 Å². The lowest BCUT2D eigenvalue weighted by Crippen LogP contribution is -2.25. The fourth-order valence-corrected chi connectivity index (χ4v) is 2.68. The number of pyridine rings is 1. The second-order valence-corrected chi connectivity index (χ2v) is 5.62. The molecule has 0 spiro atoms. The maximum Gasteiger partial charge on any atom is 0.251 e. The van der Waals surface area contributed by atoms with E-state index in [1.807, 2.05) is 41.3 Å². The lowest BCUT2D eigenvalue weighted by molar-refractivity contribution is -0.128. The van der Waals surface area contributed by atoms with Crippen LogP contribution in [0.5, 0.6) is 0 Å². The summed E-state index contributed by atoms with van der Waals surface area (Å²) < 4.78 is 0. The summed E-state index contributed by atoms with van der Waals surface area (Å²) in [5.41, 5.74) is 2.40. The molecule has 23 heavy (non-hydrogen) atoms. The highest BCUT2D eigenvalue weighted by Gasteiger charge is 2.20. The summed E-state index contributed by atoms with van der Waals surface area (Å²) in [7, 11) is 0. The number of hydrogen-bond donors (Lipinski definition) is 1. The molecular formula is C18H19N3O2. The predicted molar refractivity (Wildman–Crippen MR) is 86.5 cm³/mol. The summed E-state index contributed by atoms with van der Waals surface area (Å²) in [5.74, 6) is 0.0558. The monoisotopic (exact) mass is 309 g/mol. The van der Waals surface area contributed by atoms with Crippen molar-refractivity contribution in [2.75, 3.05) is 6.54 Å². The summed E-state index contributed by atoms with van der Waals surface area (Å²) >= 11 is 0. The molecule has 2 amide bonds. The molecule has 1 fully saturated rings. The van der Waals surface area contributed by atoms with E-state index < -0.39 is 0 Å². The van der Waals surface area contributed by atoms with Crippen LogP contribution in [-0.4, -0.2) is 28.2 Å². The van der Waals surface area contributed by atoms with Gasteiger partial charge in [0.15, 0.2) is 0 Å². The van der Waals surface area contributed by atoms with Crippen molar-refractivity contribution in [2.45, 2.75) is 25.9 Å². The molecule has 0 bridgehead atoms. The average molecular weight is 309 g/mol. The Kier molecular flexibility index (Phi) is 4.66. The molecule has 1 N–H and O–H groups in total. The summed E-state index contributed by atoms with van der Waals surface area (Å²) in [6, 6.07) is 13.0. The molecule has 0 radical (unpaired) electrons. The van der Waals surface area contributed by atoms with Crippen LogP contribution in [0.1, 0.15) is 34.5 Å². The van der Waals surface area contributed by atoms with Gasteiger partial charge >= 0.3 is 0 Å². The zero-order valence-corrected chi connectivity index (χ0v) is 12.9. The minimum Gasteiger partial charge on any atom is -0.346 e. The average Bonchev–Trinajstić information content (AvgIpc) is 2.99.